The van der Waals surface area contributed by atoms with Crippen molar-refractivity contribution in [1.29, 1.82) is 0 Å². The fourth-order valence-electron chi connectivity index (χ4n) is 3.08. The number of rotatable bonds is 5. The van der Waals surface area contributed by atoms with Crippen LogP contribution in [0.25, 0.3) is 0 Å². The van der Waals surface area contributed by atoms with Gasteiger partial charge in [0, 0.05) is 19.0 Å². The molecule has 6 heteroatoms. The van der Waals surface area contributed by atoms with Crippen molar-refractivity contribution in [2.24, 2.45) is 11.7 Å². The van der Waals surface area contributed by atoms with Gasteiger partial charge in [-0.2, -0.15) is 0 Å². The van der Waals surface area contributed by atoms with Gasteiger partial charge in [-0.15, -0.1) is 0 Å². The van der Waals surface area contributed by atoms with E-state index in [9.17, 15) is 14.0 Å². The molecule has 0 bridgehead atoms. The van der Waals surface area contributed by atoms with Crippen LogP contribution in [0, 0.1) is 11.7 Å². The van der Waals surface area contributed by atoms with E-state index in [-0.39, 0.29) is 24.2 Å². The number of imide groups is 1. The highest BCUT2D eigenvalue weighted by Gasteiger charge is 2.30. The van der Waals surface area contributed by atoms with E-state index in [4.69, 9.17) is 5.73 Å². The van der Waals surface area contributed by atoms with Gasteiger partial charge < -0.3 is 5.73 Å². The van der Waals surface area contributed by atoms with Gasteiger partial charge in [0.15, 0.2) is 0 Å². The van der Waals surface area contributed by atoms with Crippen molar-refractivity contribution < 1.29 is 14.0 Å². The molecule has 0 aromatic heterocycles. The van der Waals surface area contributed by atoms with Crippen LogP contribution >= 0.6 is 0 Å². The normalized spacial score (nSPS) is 21.7. The summed E-state index contributed by atoms with van der Waals surface area (Å²) in [7, 11) is 0. The summed E-state index contributed by atoms with van der Waals surface area (Å²) in [6, 6.07) is 6.06. The molecule has 3 N–H and O–H groups in total. The van der Waals surface area contributed by atoms with Gasteiger partial charge in [-0.25, -0.2) is 9.18 Å². The first kappa shape index (κ1) is 16.4. The molecule has 0 aliphatic carbocycles. The molecule has 3 amide bonds. The third kappa shape index (κ3) is 4.53. The molecule has 1 aliphatic heterocycles. The fourth-order valence-corrected chi connectivity index (χ4v) is 3.08. The maximum absolute atomic E-state index is 13.4. The third-order valence-electron chi connectivity index (χ3n) is 3.96. The van der Waals surface area contributed by atoms with Gasteiger partial charge in [0.05, 0.1) is 0 Å². The Morgan fingerprint density at radius 3 is 2.91 bits per heavy atom. The SMILES string of the molecule is C[C@H]1C[C@@H](c2cccc(F)c2)N(CCCC(=O)NC(N)=O)C1. The molecule has 1 aromatic rings. The minimum absolute atomic E-state index is 0.185. The first-order chi connectivity index (χ1) is 10.5. The number of amides is 3. The van der Waals surface area contributed by atoms with Crippen molar-refractivity contribution in [2.75, 3.05) is 13.1 Å². The van der Waals surface area contributed by atoms with Gasteiger partial charge in [-0.3, -0.25) is 15.0 Å². The van der Waals surface area contributed by atoms with Crippen LogP contribution in [-0.2, 0) is 4.79 Å². The molecule has 1 heterocycles. The summed E-state index contributed by atoms with van der Waals surface area (Å²) in [5.74, 6) is -0.0485. The smallest absolute Gasteiger partial charge is 0.318 e. The highest BCUT2D eigenvalue weighted by atomic mass is 19.1. The number of benzene rings is 1. The van der Waals surface area contributed by atoms with E-state index >= 15 is 0 Å². The maximum atomic E-state index is 13.4. The summed E-state index contributed by atoms with van der Waals surface area (Å²) in [6.45, 7) is 3.84. The zero-order valence-electron chi connectivity index (χ0n) is 12.7. The number of primary amides is 1. The number of hydrogen-bond donors (Lipinski definition) is 2. The van der Waals surface area contributed by atoms with Gasteiger partial charge in [0.25, 0.3) is 0 Å². The molecule has 5 nitrogen and oxygen atoms in total. The monoisotopic (exact) mass is 307 g/mol. The predicted octanol–water partition coefficient (Wildman–Crippen LogP) is 2.18. The molecular weight excluding hydrogens is 285 g/mol. The standard InChI is InChI=1S/C16H22FN3O2/c1-11-8-14(12-4-2-5-13(17)9-12)20(10-11)7-3-6-15(21)19-16(18)22/h2,4-5,9,11,14H,3,6-8,10H2,1H3,(H3,18,19,21,22)/t11-,14-/m0/s1. The minimum Gasteiger partial charge on any atom is -0.351 e. The van der Waals surface area contributed by atoms with E-state index in [0.29, 0.717) is 12.3 Å². The summed E-state index contributed by atoms with van der Waals surface area (Å²) < 4.78 is 13.4. The van der Waals surface area contributed by atoms with E-state index in [0.717, 1.165) is 25.1 Å². The molecule has 1 saturated heterocycles. The fraction of sp³-hybridized carbons (Fsp3) is 0.500. The van der Waals surface area contributed by atoms with Crippen LogP contribution in [0.1, 0.15) is 37.8 Å². The molecule has 0 unspecified atom stereocenters. The van der Waals surface area contributed by atoms with Crippen molar-refractivity contribution in [3.63, 3.8) is 0 Å². The predicted molar refractivity (Wildman–Crippen MR) is 81.5 cm³/mol. The number of carbonyl (C=O) groups is 2. The van der Waals surface area contributed by atoms with Crippen LogP contribution in [0.3, 0.4) is 0 Å². The molecule has 1 aromatic carbocycles. The molecule has 1 aliphatic rings. The lowest BCUT2D eigenvalue weighted by Gasteiger charge is -2.24. The lowest BCUT2D eigenvalue weighted by molar-refractivity contribution is -0.120. The highest BCUT2D eigenvalue weighted by molar-refractivity contribution is 5.93. The number of nitrogens with one attached hydrogen (secondary N) is 1. The lowest BCUT2D eigenvalue weighted by Crippen LogP contribution is -2.35. The Hall–Kier alpha value is -1.95. The lowest BCUT2D eigenvalue weighted by atomic mass is 10.0. The van der Waals surface area contributed by atoms with Crippen molar-refractivity contribution in [2.45, 2.75) is 32.2 Å². The first-order valence-electron chi connectivity index (χ1n) is 7.54. The molecule has 120 valence electrons. The molecule has 0 saturated carbocycles. The van der Waals surface area contributed by atoms with Gasteiger partial charge in [0.1, 0.15) is 5.82 Å². The topological polar surface area (TPSA) is 75.4 Å². The van der Waals surface area contributed by atoms with Crippen LogP contribution < -0.4 is 11.1 Å². The Morgan fingerprint density at radius 2 is 2.23 bits per heavy atom. The summed E-state index contributed by atoms with van der Waals surface area (Å²) in [5, 5.41) is 2.06. The van der Waals surface area contributed by atoms with Gasteiger partial charge >= 0.3 is 6.03 Å². The second-order valence-corrected chi connectivity index (χ2v) is 5.92. The molecule has 2 atom stereocenters. The molecule has 0 radical (unpaired) electrons. The number of likely N-dealkylation sites (tertiary alicyclic amines) is 1. The third-order valence-corrected chi connectivity index (χ3v) is 3.96. The largest absolute Gasteiger partial charge is 0.351 e. The average molecular weight is 307 g/mol. The van der Waals surface area contributed by atoms with Crippen LogP contribution in [-0.4, -0.2) is 29.9 Å². The molecule has 0 spiro atoms. The summed E-state index contributed by atoms with van der Waals surface area (Å²) >= 11 is 0. The number of hydrogen-bond acceptors (Lipinski definition) is 3. The maximum Gasteiger partial charge on any atom is 0.318 e. The molecule has 2 rings (SSSR count). The van der Waals surface area contributed by atoms with E-state index in [1.807, 2.05) is 6.07 Å². The van der Waals surface area contributed by atoms with E-state index in [1.165, 1.54) is 6.07 Å². The Bertz CT molecular complexity index is 550. The molecule has 1 fully saturated rings. The van der Waals surface area contributed by atoms with Crippen LogP contribution in [0.4, 0.5) is 9.18 Å². The van der Waals surface area contributed by atoms with E-state index in [1.54, 1.807) is 12.1 Å². The minimum atomic E-state index is -0.822. The van der Waals surface area contributed by atoms with Crippen LogP contribution in [0.15, 0.2) is 24.3 Å². The second kappa shape index (κ2) is 7.35. The first-order valence-corrected chi connectivity index (χ1v) is 7.54. The Kier molecular flexibility index (Phi) is 5.49. The zero-order valence-corrected chi connectivity index (χ0v) is 12.7. The summed E-state index contributed by atoms with van der Waals surface area (Å²) in [4.78, 5) is 24.3. The average Bonchev–Trinajstić information content (AvgIpc) is 2.79. The van der Waals surface area contributed by atoms with E-state index in [2.05, 4.69) is 17.1 Å². The van der Waals surface area contributed by atoms with Crippen molar-refractivity contribution >= 4 is 11.9 Å². The van der Waals surface area contributed by atoms with Gasteiger partial charge in [-0.1, -0.05) is 19.1 Å². The van der Waals surface area contributed by atoms with Gasteiger partial charge in [0.2, 0.25) is 5.91 Å². The molecule has 22 heavy (non-hydrogen) atoms. The number of nitrogens with two attached hydrogens (primary N) is 1. The Labute approximate surface area is 129 Å². The van der Waals surface area contributed by atoms with Crippen molar-refractivity contribution in [3.8, 4) is 0 Å². The Balaban J connectivity index is 1.91. The Morgan fingerprint density at radius 1 is 1.45 bits per heavy atom. The summed E-state index contributed by atoms with van der Waals surface area (Å²) in [5.41, 5.74) is 5.88. The number of nitrogens with zero attached hydrogens (tertiary/aromatic N) is 1. The second-order valence-electron chi connectivity index (χ2n) is 5.92. The molecular formula is C16H22FN3O2. The summed E-state index contributed by atoms with van der Waals surface area (Å²) in [6.07, 6.45) is 1.87. The number of urea groups is 1. The number of carbonyl (C=O) groups excluding carboxylic acids is 2. The van der Waals surface area contributed by atoms with Crippen molar-refractivity contribution in [1.82, 2.24) is 10.2 Å². The van der Waals surface area contributed by atoms with Crippen LogP contribution in [0.5, 0.6) is 0 Å². The van der Waals surface area contributed by atoms with Gasteiger partial charge in [-0.05, 0) is 43.0 Å². The van der Waals surface area contributed by atoms with E-state index < -0.39 is 6.03 Å². The zero-order chi connectivity index (χ0) is 16.1. The quantitative estimate of drug-likeness (QED) is 0.875. The number of halogens is 1. The van der Waals surface area contributed by atoms with Crippen LogP contribution in [0.2, 0.25) is 0 Å². The van der Waals surface area contributed by atoms with Crippen molar-refractivity contribution in [3.05, 3.63) is 35.6 Å². The highest BCUT2D eigenvalue weighted by Crippen LogP contribution is 2.35.